The van der Waals surface area contributed by atoms with E-state index in [0.717, 1.165) is 11.3 Å². The van der Waals surface area contributed by atoms with E-state index in [0.29, 0.717) is 23.6 Å². The van der Waals surface area contributed by atoms with Gasteiger partial charge in [-0.3, -0.25) is 4.68 Å². The van der Waals surface area contributed by atoms with Crippen molar-refractivity contribution in [3.63, 3.8) is 0 Å². The van der Waals surface area contributed by atoms with E-state index in [1.807, 2.05) is 41.9 Å². The summed E-state index contributed by atoms with van der Waals surface area (Å²) in [5.74, 6) is 0.567. The molecule has 5 rings (SSSR count). The first-order valence-corrected chi connectivity index (χ1v) is 9.87. The molecule has 1 radical (unpaired) electrons. The molecule has 4 aromatic rings. The second kappa shape index (κ2) is 7.08. The van der Waals surface area contributed by atoms with Crippen LogP contribution in [0.5, 0.6) is 0 Å². The van der Waals surface area contributed by atoms with E-state index in [-0.39, 0.29) is 24.3 Å². The van der Waals surface area contributed by atoms with Crippen LogP contribution in [0.1, 0.15) is 29.7 Å². The van der Waals surface area contributed by atoms with Gasteiger partial charge in [-0.1, -0.05) is 47.6 Å². The number of hydrogen-bond acceptors (Lipinski definition) is 4. The van der Waals surface area contributed by atoms with Crippen LogP contribution in [0.4, 0.5) is 13.2 Å². The van der Waals surface area contributed by atoms with Crippen LogP contribution >= 0.6 is 0 Å². The molecule has 5 nitrogen and oxygen atoms in total. The molecular weight excluding hydrogens is 405 g/mol. The summed E-state index contributed by atoms with van der Waals surface area (Å²) in [6.45, 7) is 2.53. The fourth-order valence-electron chi connectivity index (χ4n) is 3.72. The second-order valence-electron chi connectivity index (χ2n) is 7.82. The van der Waals surface area contributed by atoms with Gasteiger partial charge in [-0.25, -0.2) is 0 Å². The summed E-state index contributed by atoms with van der Waals surface area (Å²) >= 11 is 0. The molecular formula is C23H18F3N4O. The SMILES string of the molecule is Cc1cc(-c2nc(-c3ccc(C4(C(F)(F)F)CC4)cc3)no2)nn1Cc1c[c]ccc1. The molecule has 0 unspecified atom stereocenters. The minimum Gasteiger partial charge on any atom is -0.332 e. The quantitative estimate of drug-likeness (QED) is 0.434. The summed E-state index contributed by atoms with van der Waals surface area (Å²) in [5.41, 5.74) is 1.72. The predicted molar refractivity (Wildman–Crippen MR) is 107 cm³/mol. The van der Waals surface area contributed by atoms with Crippen molar-refractivity contribution in [1.82, 2.24) is 19.9 Å². The fraction of sp³-hybridized carbons (Fsp3) is 0.261. The van der Waals surface area contributed by atoms with Gasteiger partial charge in [0.15, 0.2) is 5.69 Å². The lowest BCUT2D eigenvalue weighted by atomic mass is 9.94. The predicted octanol–water partition coefficient (Wildman–Crippen LogP) is 5.35. The number of aryl methyl sites for hydroxylation is 1. The van der Waals surface area contributed by atoms with Crippen LogP contribution in [0.3, 0.4) is 0 Å². The molecule has 0 bridgehead atoms. The molecule has 0 N–H and O–H groups in total. The topological polar surface area (TPSA) is 56.7 Å². The van der Waals surface area contributed by atoms with Gasteiger partial charge in [-0.15, -0.1) is 0 Å². The number of hydrogen-bond donors (Lipinski definition) is 0. The van der Waals surface area contributed by atoms with Gasteiger partial charge in [-0.05, 0) is 49.1 Å². The Hall–Kier alpha value is -3.42. The molecule has 0 aliphatic heterocycles. The molecule has 2 heterocycles. The molecule has 1 fully saturated rings. The van der Waals surface area contributed by atoms with Crippen molar-refractivity contribution in [2.45, 2.75) is 37.9 Å². The molecule has 8 heteroatoms. The highest BCUT2D eigenvalue weighted by Crippen LogP contribution is 2.58. The molecule has 1 aliphatic carbocycles. The standard InChI is InChI=1S/C23H18F3N4O/c1-15-13-19(28-30(15)14-16-5-3-2-4-6-16)21-27-20(29-31-21)17-7-9-18(10-8-17)22(11-12-22)23(24,25)26/h2-3,5-10,13H,11-12,14H2,1H3. The summed E-state index contributed by atoms with van der Waals surface area (Å²) in [4.78, 5) is 4.39. The van der Waals surface area contributed by atoms with Gasteiger partial charge >= 0.3 is 6.18 Å². The largest absolute Gasteiger partial charge is 0.398 e. The van der Waals surface area contributed by atoms with E-state index in [9.17, 15) is 13.2 Å². The Balaban J connectivity index is 1.37. The first kappa shape index (κ1) is 19.5. The summed E-state index contributed by atoms with van der Waals surface area (Å²) in [6.07, 6.45) is -3.97. The molecule has 2 aromatic heterocycles. The van der Waals surface area contributed by atoms with Gasteiger partial charge in [0.2, 0.25) is 5.82 Å². The zero-order chi connectivity index (χ0) is 21.6. The fourth-order valence-corrected chi connectivity index (χ4v) is 3.72. The van der Waals surface area contributed by atoms with Gasteiger partial charge in [0, 0.05) is 11.3 Å². The lowest BCUT2D eigenvalue weighted by molar-refractivity contribution is -0.160. The third kappa shape index (κ3) is 3.52. The average molecular weight is 423 g/mol. The van der Waals surface area contributed by atoms with Gasteiger partial charge in [0.1, 0.15) is 0 Å². The molecule has 2 aromatic carbocycles. The Morgan fingerprint density at radius 3 is 2.58 bits per heavy atom. The molecule has 1 aliphatic rings. The third-order valence-corrected chi connectivity index (χ3v) is 5.72. The highest BCUT2D eigenvalue weighted by Gasteiger charge is 2.64. The van der Waals surface area contributed by atoms with Crippen molar-refractivity contribution in [3.05, 3.63) is 77.5 Å². The minimum atomic E-state index is -4.23. The van der Waals surface area contributed by atoms with Crippen molar-refractivity contribution < 1.29 is 17.7 Å². The van der Waals surface area contributed by atoms with Crippen molar-refractivity contribution in [3.8, 4) is 23.0 Å². The first-order valence-electron chi connectivity index (χ1n) is 9.87. The van der Waals surface area contributed by atoms with Crippen molar-refractivity contribution in [2.75, 3.05) is 0 Å². The van der Waals surface area contributed by atoms with Gasteiger partial charge < -0.3 is 4.52 Å². The third-order valence-electron chi connectivity index (χ3n) is 5.72. The van der Waals surface area contributed by atoms with E-state index in [4.69, 9.17) is 4.52 Å². The lowest BCUT2D eigenvalue weighted by Crippen LogP contribution is -2.28. The van der Waals surface area contributed by atoms with Crippen LogP contribution in [0.15, 0.2) is 59.1 Å². The van der Waals surface area contributed by atoms with Gasteiger partial charge in [0.05, 0.1) is 12.0 Å². The summed E-state index contributed by atoms with van der Waals surface area (Å²) in [6, 6.07) is 18.8. The zero-order valence-electron chi connectivity index (χ0n) is 16.6. The van der Waals surface area contributed by atoms with E-state index < -0.39 is 11.6 Å². The Kier molecular flexibility index (Phi) is 4.46. The summed E-state index contributed by atoms with van der Waals surface area (Å²) < 4.78 is 47.2. The van der Waals surface area contributed by atoms with Crippen molar-refractivity contribution in [1.29, 1.82) is 0 Å². The summed E-state index contributed by atoms with van der Waals surface area (Å²) in [7, 11) is 0. The molecule has 0 atom stereocenters. The van der Waals surface area contributed by atoms with E-state index in [1.54, 1.807) is 12.1 Å². The molecule has 0 amide bonds. The molecule has 0 spiro atoms. The summed E-state index contributed by atoms with van der Waals surface area (Å²) in [5, 5.41) is 8.52. The Morgan fingerprint density at radius 1 is 1.16 bits per heavy atom. The smallest absolute Gasteiger partial charge is 0.332 e. The van der Waals surface area contributed by atoms with E-state index in [2.05, 4.69) is 21.3 Å². The van der Waals surface area contributed by atoms with Crippen LogP contribution in [-0.4, -0.2) is 26.1 Å². The molecule has 31 heavy (non-hydrogen) atoms. The minimum absolute atomic E-state index is 0.130. The number of rotatable bonds is 5. The number of nitrogens with zero attached hydrogens (tertiary/aromatic N) is 4. The van der Waals surface area contributed by atoms with Crippen molar-refractivity contribution in [2.24, 2.45) is 0 Å². The maximum Gasteiger partial charge on any atom is 0.398 e. The average Bonchev–Trinajstić information content (AvgIpc) is 3.31. The van der Waals surface area contributed by atoms with Gasteiger partial charge in [0.25, 0.3) is 5.89 Å². The van der Waals surface area contributed by atoms with E-state index in [1.165, 1.54) is 12.1 Å². The van der Waals surface area contributed by atoms with E-state index >= 15 is 0 Å². The van der Waals surface area contributed by atoms with Gasteiger partial charge in [-0.2, -0.15) is 23.3 Å². The van der Waals surface area contributed by atoms with Crippen molar-refractivity contribution >= 4 is 0 Å². The molecule has 157 valence electrons. The highest BCUT2D eigenvalue weighted by molar-refractivity contribution is 5.59. The number of alkyl halides is 3. The Labute approximate surface area is 176 Å². The number of aromatic nitrogens is 4. The Morgan fingerprint density at radius 2 is 1.94 bits per heavy atom. The number of halogens is 3. The monoisotopic (exact) mass is 423 g/mol. The highest BCUT2D eigenvalue weighted by atomic mass is 19.4. The van der Waals surface area contributed by atoms with Crippen LogP contribution in [-0.2, 0) is 12.0 Å². The zero-order valence-corrected chi connectivity index (χ0v) is 16.6. The molecule has 0 saturated heterocycles. The normalized spacial score (nSPS) is 15.2. The maximum absolute atomic E-state index is 13.3. The lowest BCUT2D eigenvalue weighted by Gasteiger charge is -2.19. The van der Waals surface area contributed by atoms with Crippen LogP contribution < -0.4 is 0 Å². The van der Waals surface area contributed by atoms with Crippen LogP contribution in [0, 0.1) is 13.0 Å². The van der Waals surface area contributed by atoms with Crippen LogP contribution in [0.2, 0.25) is 0 Å². The Bertz CT molecular complexity index is 1210. The first-order chi connectivity index (χ1) is 14.9. The number of benzene rings is 2. The second-order valence-corrected chi connectivity index (χ2v) is 7.82. The molecule has 1 saturated carbocycles. The van der Waals surface area contributed by atoms with Crippen LogP contribution in [0.25, 0.3) is 23.0 Å². The maximum atomic E-state index is 13.3.